The third-order valence-corrected chi connectivity index (χ3v) is 4.20. The van der Waals surface area contributed by atoms with Crippen molar-refractivity contribution in [2.24, 2.45) is 0 Å². The van der Waals surface area contributed by atoms with Gasteiger partial charge in [0.15, 0.2) is 0 Å². The molecule has 6 nitrogen and oxygen atoms in total. The number of carboxylic acids is 1. The topological polar surface area (TPSA) is 92.7 Å². The van der Waals surface area contributed by atoms with Gasteiger partial charge in [0, 0.05) is 13.2 Å². The summed E-state index contributed by atoms with van der Waals surface area (Å²) in [6.45, 7) is 4.82. The van der Waals surface area contributed by atoms with E-state index in [0.717, 1.165) is 6.42 Å². The van der Waals surface area contributed by atoms with E-state index in [2.05, 4.69) is 4.72 Å². The van der Waals surface area contributed by atoms with E-state index in [9.17, 15) is 13.2 Å². The first-order chi connectivity index (χ1) is 9.83. The minimum atomic E-state index is -3.59. The molecular weight excluding hydrogens is 294 g/mol. The molecule has 0 aliphatic heterocycles. The molecule has 2 N–H and O–H groups in total. The molecule has 1 aromatic rings. The Hall–Kier alpha value is -1.44. The molecule has 118 valence electrons. The van der Waals surface area contributed by atoms with Gasteiger partial charge in [-0.25, -0.2) is 17.9 Å². The fourth-order valence-electron chi connectivity index (χ4n) is 1.61. The number of aromatic carboxylic acids is 1. The number of hydrogen-bond acceptors (Lipinski definition) is 4. The molecule has 7 heteroatoms. The number of nitrogens with one attached hydrogen (secondary N) is 1. The van der Waals surface area contributed by atoms with Gasteiger partial charge in [0.2, 0.25) is 10.0 Å². The molecule has 0 aliphatic rings. The molecule has 0 aromatic heterocycles. The second-order valence-corrected chi connectivity index (χ2v) is 6.62. The lowest BCUT2D eigenvalue weighted by atomic mass is 10.2. The van der Waals surface area contributed by atoms with Gasteiger partial charge in [-0.05, 0) is 51.0 Å². The highest BCUT2D eigenvalue weighted by atomic mass is 32.2. The molecule has 21 heavy (non-hydrogen) atoms. The van der Waals surface area contributed by atoms with Crippen molar-refractivity contribution in [1.82, 2.24) is 4.72 Å². The van der Waals surface area contributed by atoms with Crippen LogP contribution in [0.2, 0.25) is 0 Å². The summed E-state index contributed by atoms with van der Waals surface area (Å²) < 4.78 is 31.8. The van der Waals surface area contributed by atoms with Gasteiger partial charge in [0.05, 0.1) is 16.6 Å². The molecule has 0 bridgehead atoms. The molecule has 0 aliphatic carbocycles. The van der Waals surface area contributed by atoms with Gasteiger partial charge in [0.25, 0.3) is 0 Å². The van der Waals surface area contributed by atoms with Crippen LogP contribution < -0.4 is 4.72 Å². The Morgan fingerprint density at radius 3 is 2.38 bits per heavy atom. The Morgan fingerprint density at radius 1 is 1.24 bits per heavy atom. The minimum absolute atomic E-state index is 0.0554. The maximum atomic E-state index is 12.0. The molecule has 0 radical (unpaired) electrons. The van der Waals surface area contributed by atoms with Gasteiger partial charge in [-0.2, -0.15) is 0 Å². The summed E-state index contributed by atoms with van der Waals surface area (Å²) in [5, 5.41) is 8.76. The van der Waals surface area contributed by atoms with Crippen molar-refractivity contribution >= 4 is 16.0 Å². The third-order valence-electron chi connectivity index (χ3n) is 2.73. The van der Waals surface area contributed by atoms with E-state index in [1.807, 2.05) is 13.8 Å². The molecule has 0 amide bonds. The zero-order valence-electron chi connectivity index (χ0n) is 12.2. The van der Waals surface area contributed by atoms with E-state index in [1.165, 1.54) is 24.3 Å². The molecule has 1 rings (SSSR count). The van der Waals surface area contributed by atoms with Crippen molar-refractivity contribution in [3.05, 3.63) is 29.8 Å². The highest BCUT2D eigenvalue weighted by molar-refractivity contribution is 7.89. The lowest BCUT2D eigenvalue weighted by Crippen LogP contribution is -2.25. The monoisotopic (exact) mass is 315 g/mol. The molecule has 1 aromatic carbocycles. The van der Waals surface area contributed by atoms with Crippen molar-refractivity contribution in [2.75, 3.05) is 13.2 Å². The van der Waals surface area contributed by atoms with Gasteiger partial charge in [-0.3, -0.25) is 0 Å². The average Bonchev–Trinajstić information content (AvgIpc) is 2.42. The van der Waals surface area contributed by atoms with Crippen molar-refractivity contribution < 1.29 is 23.1 Å². The summed E-state index contributed by atoms with van der Waals surface area (Å²) in [6.07, 6.45) is 1.63. The standard InChI is InChI=1S/C14H21NO5S/c1-11(2)20-10-4-3-9-15-21(18,19)13-7-5-12(6-8-13)14(16)17/h5-8,11,15H,3-4,9-10H2,1-2H3,(H,16,17). The van der Waals surface area contributed by atoms with Crippen LogP contribution in [0.15, 0.2) is 29.2 Å². The summed E-state index contributed by atoms with van der Waals surface area (Å²) in [7, 11) is -3.59. The van der Waals surface area contributed by atoms with Crippen LogP contribution in [-0.4, -0.2) is 38.7 Å². The molecule has 0 atom stereocenters. The number of carbonyl (C=O) groups is 1. The third kappa shape index (κ3) is 6.24. The van der Waals surface area contributed by atoms with Gasteiger partial charge in [0.1, 0.15) is 0 Å². The average molecular weight is 315 g/mol. The van der Waals surface area contributed by atoms with Gasteiger partial charge >= 0.3 is 5.97 Å². The maximum absolute atomic E-state index is 12.0. The first kappa shape index (κ1) is 17.6. The number of benzene rings is 1. The highest BCUT2D eigenvalue weighted by Crippen LogP contribution is 2.10. The van der Waals surface area contributed by atoms with E-state index in [-0.39, 0.29) is 16.6 Å². The quantitative estimate of drug-likeness (QED) is 0.679. The van der Waals surface area contributed by atoms with Crippen LogP contribution in [0.25, 0.3) is 0 Å². The van der Waals surface area contributed by atoms with Gasteiger partial charge in [-0.1, -0.05) is 0 Å². The van der Waals surface area contributed by atoms with E-state index in [0.29, 0.717) is 19.6 Å². The Labute approximate surface area is 125 Å². The van der Waals surface area contributed by atoms with E-state index in [1.54, 1.807) is 0 Å². The summed E-state index contributed by atoms with van der Waals surface area (Å²) in [6, 6.07) is 5.11. The lowest BCUT2D eigenvalue weighted by molar-refractivity contribution is 0.0696. The number of ether oxygens (including phenoxy) is 1. The predicted octanol–water partition coefficient (Wildman–Crippen LogP) is 1.87. The second kappa shape index (κ2) is 8.11. The van der Waals surface area contributed by atoms with Gasteiger partial charge in [-0.15, -0.1) is 0 Å². The van der Waals surface area contributed by atoms with Crippen LogP contribution in [0, 0.1) is 0 Å². The van der Waals surface area contributed by atoms with Crippen LogP contribution in [0.5, 0.6) is 0 Å². The SMILES string of the molecule is CC(C)OCCCCNS(=O)(=O)c1ccc(C(=O)O)cc1. The highest BCUT2D eigenvalue weighted by Gasteiger charge is 2.13. The van der Waals surface area contributed by atoms with Crippen LogP contribution in [0.4, 0.5) is 0 Å². The Balaban J connectivity index is 2.44. The number of sulfonamides is 1. The Kier molecular flexibility index (Phi) is 6.80. The fraction of sp³-hybridized carbons (Fsp3) is 0.500. The number of carboxylic acid groups (broad SMARTS) is 1. The molecule has 0 unspecified atom stereocenters. The predicted molar refractivity (Wildman–Crippen MR) is 78.9 cm³/mol. The molecule has 0 saturated heterocycles. The summed E-state index contributed by atoms with van der Waals surface area (Å²) in [5.41, 5.74) is 0.0554. The smallest absolute Gasteiger partial charge is 0.335 e. The Bertz CT molecular complexity index is 551. The van der Waals surface area contributed by atoms with E-state index in [4.69, 9.17) is 9.84 Å². The molecular formula is C14H21NO5S. The largest absolute Gasteiger partial charge is 0.478 e. The Morgan fingerprint density at radius 2 is 1.86 bits per heavy atom. The molecule has 0 fully saturated rings. The maximum Gasteiger partial charge on any atom is 0.335 e. The van der Waals surface area contributed by atoms with Crippen LogP contribution in [0.1, 0.15) is 37.0 Å². The minimum Gasteiger partial charge on any atom is -0.478 e. The zero-order chi connectivity index (χ0) is 15.9. The van der Waals surface area contributed by atoms with E-state index < -0.39 is 16.0 Å². The van der Waals surface area contributed by atoms with E-state index >= 15 is 0 Å². The number of unbranched alkanes of at least 4 members (excludes halogenated alkanes) is 1. The summed E-state index contributed by atoms with van der Waals surface area (Å²) in [4.78, 5) is 10.8. The first-order valence-corrected chi connectivity index (χ1v) is 8.26. The number of hydrogen-bond donors (Lipinski definition) is 2. The normalized spacial score (nSPS) is 11.8. The fourth-order valence-corrected chi connectivity index (χ4v) is 2.69. The van der Waals surface area contributed by atoms with Gasteiger partial charge < -0.3 is 9.84 Å². The van der Waals surface area contributed by atoms with Crippen LogP contribution in [-0.2, 0) is 14.8 Å². The van der Waals surface area contributed by atoms with Crippen LogP contribution >= 0.6 is 0 Å². The summed E-state index contributed by atoms with van der Waals surface area (Å²) >= 11 is 0. The van der Waals surface area contributed by atoms with Crippen molar-refractivity contribution in [3.8, 4) is 0 Å². The van der Waals surface area contributed by atoms with Crippen molar-refractivity contribution in [3.63, 3.8) is 0 Å². The van der Waals surface area contributed by atoms with Crippen molar-refractivity contribution in [2.45, 2.75) is 37.7 Å². The molecule has 0 saturated carbocycles. The second-order valence-electron chi connectivity index (χ2n) is 4.85. The number of rotatable bonds is 9. The van der Waals surface area contributed by atoms with Crippen molar-refractivity contribution in [1.29, 1.82) is 0 Å². The molecule has 0 spiro atoms. The summed E-state index contributed by atoms with van der Waals surface area (Å²) in [5.74, 6) is -1.09. The van der Waals surface area contributed by atoms with Crippen LogP contribution in [0.3, 0.4) is 0 Å². The zero-order valence-corrected chi connectivity index (χ0v) is 13.0. The molecule has 0 heterocycles. The first-order valence-electron chi connectivity index (χ1n) is 6.77. The lowest BCUT2D eigenvalue weighted by Gasteiger charge is -2.08.